The number of esters is 1. The number of aliphatic hydroxyl groups excluding tert-OH is 3. The highest BCUT2D eigenvalue weighted by molar-refractivity contribution is 8.76. The maximum Gasteiger partial charge on any atom is 0.306 e. The third kappa shape index (κ3) is 14.8. The van der Waals surface area contributed by atoms with Crippen LogP contribution < -0.4 is 26.4 Å². The van der Waals surface area contributed by atoms with E-state index in [-0.39, 0.29) is 69.4 Å². The summed E-state index contributed by atoms with van der Waals surface area (Å²) in [7, 11) is 4.19. The summed E-state index contributed by atoms with van der Waals surface area (Å²) in [6, 6.07) is 17.2. The fourth-order valence-electron chi connectivity index (χ4n) is 11.0. The van der Waals surface area contributed by atoms with Gasteiger partial charge in [0.05, 0.1) is 55.4 Å². The second kappa shape index (κ2) is 27.1. The minimum absolute atomic E-state index is 0.0308. The van der Waals surface area contributed by atoms with Gasteiger partial charge in [-0.3, -0.25) is 38.8 Å². The van der Waals surface area contributed by atoms with Gasteiger partial charge in [0.1, 0.15) is 24.8 Å². The van der Waals surface area contributed by atoms with E-state index in [4.69, 9.17) is 19.9 Å². The lowest BCUT2D eigenvalue weighted by Crippen LogP contribution is -2.64. The van der Waals surface area contributed by atoms with Crippen molar-refractivity contribution in [3.05, 3.63) is 102 Å². The number of aromatic nitrogens is 3. The molecular formula is C58H66F2N10O11S2. The molecule has 3 fully saturated rings. The maximum absolute atomic E-state index is 14.1. The molecule has 440 valence electrons. The number of alkyl halides is 2. The first-order valence-electron chi connectivity index (χ1n) is 27.4. The van der Waals surface area contributed by atoms with Gasteiger partial charge in [0.2, 0.25) is 29.5 Å². The number of likely N-dealkylation sites (tertiary alicyclic amines) is 1. The van der Waals surface area contributed by atoms with Crippen molar-refractivity contribution in [3.63, 3.8) is 0 Å². The third-order valence-electron chi connectivity index (χ3n) is 15.5. The van der Waals surface area contributed by atoms with E-state index >= 15 is 0 Å². The topological polar surface area (TPSA) is 305 Å². The zero-order valence-electron chi connectivity index (χ0n) is 45.7. The zero-order valence-corrected chi connectivity index (χ0v) is 47.4. The average Bonchev–Trinajstić information content (AvgIpc) is 4.30. The van der Waals surface area contributed by atoms with E-state index < -0.39 is 97.8 Å². The van der Waals surface area contributed by atoms with Crippen LogP contribution in [0.4, 0.5) is 14.5 Å². The number of benzene rings is 2. The molecule has 0 bridgehead atoms. The molecule has 2 aromatic carbocycles. The highest BCUT2D eigenvalue weighted by atomic mass is 33.1. The summed E-state index contributed by atoms with van der Waals surface area (Å²) in [4.78, 5) is 83.5. The Morgan fingerprint density at radius 3 is 2.59 bits per heavy atom. The van der Waals surface area contributed by atoms with Crippen molar-refractivity contribution in [2.24, 2.45) is 11.8 Å². The number of aryl methyl sites for hydroxylation is 1. The number of fused-ring (bicyclic) bond motifs is 2. The van der Waals surface area contributed by atoms with Crippen molar-refractivity contribution in [2.75, 3.05) is 44.0 Å². The molecule has 0 spiro atoms. The number of nitriles is 1. The summed E-state index contributed by atoms with van der Waals surface area (Å²) in [5.41, 5.74) is 13.9. The standard InChI is InChI=1S/C58H66F2N10O11S2/c1-32-53(75)52(48(28-71)81-57(32)78)68-55(77)47(67-49(72)13-10-33-5-3-6-36-25-69(27-44(33)36)50(73)20-37-17-40(66-54(37)76)26-70-31-58(59,60)21-41(70)22-61)30-83-82-16-4-7-51(74)80-29-39-11-8-35(23-64-39)42-14-15-63-46-12-9-34(18-43(42)46)38-19-45(62)56(79-2)65-24-38/h3,5-6,8-9,11-12,14-15,18-19,23-24,32,37,40-41,47-48,52-53,57,71,75,78H,4,7,10,13,16-17,20-21,25-31,62H2,1-2H3,(H,66,76)(H,67,72)(H,68,77)/t32-,37-,40-,41-,47?,48-,52-,53-,57?/m0/s1. The number of anilines is 1. The number of amides is 4. The Labute approximate surface area is 485 Å². The number of hydrogen-bond donors (Lipinski definition) is 7. The number of carbonyl (C=O) groups excluding carboxylic acids is 5. The van der Waals surface area contributed by atoms with Crippen LogP contribution in [-0.4, -0.2) is 157 Å². The van der Waals surface area contributed by atoms with E-state index in [2.05, 4.69) is 30.9 Å². The lowest BCUT2D eigenvalue weighted by Gasteiger charge is -2.41. The molecule has 25 heteroatoms. The SMILES string of the molecule is COc1ncc(-c2ccc3nccc(-c4ccc(COC(=O)CCCSSCC(NC(=O)CCc5cccc6c5CN(C(=O)C[C@@H]5C[C@@H](CN7CC(F)(F)C[C@H]7C#N)NC5=O)C6)C(=O)N[C@@H]5[C@@H](O)[C@H](C)C(O)O[C@H]5CO)nc4)c3c2)cc1N. The van der Waals surface area contributed by atoms with Crippen LogP contribution in [0.2, 0.25) is 0 Å². The number of nitrogens with two attached hydrogens (primary N) is 1. The number of aliphatic hydroxyl groups is 3. The molecule has 7 heterocycles. The van der Waals surface area contributed by atoms with E-state index in [0.29, 0.717) is 36.0 Å². The van der Waals surface area contributed by atoms with Crippen LogP contribution >= 0.6 is 21.6 Å². The average molecular weight is 1180 g/mol. The van der Waals surface area contributed by atoms with Crippen molar-refractivity contribution < 1.29 is 62.3 Å². The number of rotatable bonds is 23. The Bertz CT molecular complexity index is 3230. The van der Waals surface area contributed by atoms with Crippen molar-refractivity contribution in [2.45, 2.75) is 120 Å². The van der Waals surface area contributed by atoms with Gasteiger partial charge in [0.15, 0.2) is 6.29 Å². The molecule has 5 aromatic rings. The number of halogens is 2. The summed E-state index contributed by atoms with van der Waals surface area (Å²) in [6.07, 6.45) is 1.79. The number of nitrogens with zero attached hydrogens (tertiary/aromatic N) is 6. The van der Waals surface area contributed by atoms with Gasteiger partial charge >= 0.3 is 5.97 Å². The van der Waals surface area contributed by atoms with Gasteiger partial charge in [-0.2, -0.15) is 5.26 Å². The molecular weight excluding hydrogens is 1110 g/mol. The molecule has 9 atom stereocenters. The summed E-state index contributed by atoms with van der Waals surface area (Å²) in [5.74, 6) is -5.63. The van der Waals surface area contributed by atoms with Gasteiger partial charge in [0.25, 0.3) is 5.92 Å². The molecule has 4 aliphatic heterocycles. The van der Waals surface area contributed by atoms with E-state index in [1.807, 2.05) is 54.6 Å². The molecule has 0 aliphatic carbocycles. The first kappa shape index (κ1) is 60.5. The van der Waals surface area contributed by atoms with Crippen LogP contribution in [0.15, 0.2) is 79.3 Å². The molecule has 9 rings (SSSR count). The van der Waals surface area contributed by atoms with Crippen LogP contribution in [0.1, 0.15) is 67.8 Å². The predicted octanol–water partition coefficient (Wildman–Crippen LogP) is 4.43. The highest BCUT2D eigenvalue weighted by Gasteiger charge is 2.47. The fourth-order valence-corrected chi connectivity index (χ4v) is 13.2. The molecule has 4 aliphatic rings. The maximum atomic E-state index is 14.1. The van der Waals surface area contributed by atoms with Crippen LogP contribution in [0.3, 0.4) is 0 Å². The predicted molar refractivity (Wildman–Crippen MR) is 304 cm³/mol. The number of pyridine rings is 3. The third-order valence-corrected chi connectivity index (χ3v) is 18.0. The molecule has 0 saturated carbocycles. The van der Waals surface area contributed by atoms with E-state index in [1.165, 1.54) is 40.5 Å². The number of nitrogens with one attached hydrogen (secondary N) is 3. The quantitative estimate of drug-likeness (QED) is 0.0270. The molecule has 3 saturated heterocycles. The normalized spacial score (nSPS) is 23.3. The van der Waals surface area contributed by atoms with E-state index in [9.17, 15) is 53.3 Å². The van der Waals surface area contributed by atoms with Gasteiger partial charge < -0.3 is 56.1 Å². The summed E-state index contributed by atoms with van der Waals surface area (Å²) < 4.78 is 44.3. The van der Waals surface area contributed by atoms with Crippen molar-refractivity contribution in [3.8, 4) is 34.2 Å². The highest BCUT2D eigenvalue weighted by Crippen LogP contribution is 2.36. The van der Waals surface area contributed by atoms with Gasteiger partial charge in [-0.05, 0) is 77.4 Å². The van der Waals surface area contributed by atoms with Crippen LogP contribution in [0, 0.1) is 23.2 Å². The first-order chi connectivity index (χ1) is 39.9. The zero-order chi connectivity index (χ0) is 59.0. The Hall–Kier alpha value is -7.05. The largest absolute Gasteiger partial charge is 0.480 e. The minimum atomic E-state index is -2.99. The summed E-state index contributed by atoms with van der Waals surface area (Å²) in [5, 5.41) is 50.0. The van der Waals surface area contributed by atoms with Gasteiger partial charge in [-0.15, -0.1) is 0 Å². The van der Waals surface area contributed by atoms with Crippen molar-refractivity contribution >= 4 is 67.8 Å². The van der Waals surface area contributed by atoms with Crippen LogP contribution in [0.5, 0.6) is 5.88 Å². The van der Waals surface area contributed by atoms with Gasteiger partial charge in [-0.25, -0.2) is 13.8 Å². The molecule has 21 nitrogen and oxygen atoms in total. The molecule has 4 amide bonds. The first-order valence-corrected chi connectivity index (χ1v) is 29.8. The monoisotopic (exact) mass is 1180 g/mol. The lowest BCUT2D eigenvalue weighted by atomic mass is 9.90. The number of nitrogen functional groups attached to an aromatic ring is 1. The Morgan fingerprint density at radius 1 is 1.02 bits per heavy atom. The number of ether oxygens (including phenoxy) is 3. The number of methoxy groups -OCH3 is 1. The molecule has 3 aromatic heterocycles. The Morgan fingerprint density at radius 2 is 1.83 bits per heavy atom. The Balaban J connectivity index is 0.742. The van der Waals surface area contributed by atoms with Gasteiger partial charge in [-0.1, -0.05) is 58.8 Å². The Kier molecular flexibility index (Phi) is 19.8. The second-order valence-electron chi connectivity index (χ2n) is 21.4. The molecule has 8 N–H and O–H groups in total. The number of carbonyl (C=O) groups is 5. The van der Waals surface area contributed by atoms with Gasteiger partial charge in [0, 0.05) is 110 Å². The smallest absolute Gasteiger partial charge is 0.306 e. The van der Waals surface area contributed by atoms with E-state index in [0.717, 1.165) is 49.8 Å². The van der Waals surface area contributed by atoms with Crippen molar-refractivity contribution in [1.29, 1.82) is 5.26 Å². The fraction of sp³-hybridized carbons (Fsp3) is 0.466. The molecule has 2 unspecified atom stereocenters. The molecule has 83 heavy (non-hydrogen) atoms. The van der Waals surface area contributed by atoms with E-state index in [1.54, 1.807) is 35.6 Å². The van der Waals surface area contributed by atoms with Crippen molar-refractivity contribution in [1.82, 2.24) is 40.7 Å². The summed E-state index contributed by atoms with van der Waals surface area (Å²) >= 11 is 0. The molecule has 0 radical (unpaired) electrons. The minimum Gasteiger partial charge on any atom is -0.480 e. The number of hydrogen-bond acceptors (Lipinski definition) is 19. The second-order valence-corrected chi connectivity index (χ2v) is 24.0. The lowest BCUT2D eigenvalue weighted by molar-refractivity contribution is -0.238. The summed E-state index contributed by atoms with van der Waals surface area (Å²) in [6.45, 7) is 0.965. The van der Waals surface area contributed by atoms with Crippen LogP contribution in [-0.2, 0) is 59.6 Å². The van der Waals surface area contributed by atoms with Crippen LogP contribution in [0.25, 0.3) is 33.2 Å².